The summed E-state index contributed by atoms with van der Waals surface area (Å²) in [5, 5.41) is 14.7. The number of hydrogen-bond donors (Lipinski definition) is 2. The molecule has 3 N–H and O–H groups in total. The third-order valence-corrected chi connectivity index (χ3v) is 2.32. The number of anilines is 2. The first-order chi connectivity index (χ1) is 9.81. The van der Waals surface area contributed by atoms with Crippen molar-refractivity contribution >= 4 is 11.9 Å². The predicted molar refractivity (Wildman–Crippen MR) is 68.5 cm³/mol. The topological polar surface area (TPSA) is 133 Å². The summed E-state index contributed by atoms with van der Waals surface area (Å²) in [4.78, 5) is 16.0. The summed E-state index contributed by atoms with van der Waals surface area (Å²) >= 11 is 0. The Hall–Kier alpha value is -3.17. The smallest absolute Gasteiger partial charge is 0.258 e. The summed E-state index contributed by atoms with van der Waals surface area (Å²) in [6, 6.07) is 3.63. The molecule has 0 atom stereocenters. The SMILES string of the molecule is Nc1nc(NCc2cccnn2)nc(-n2cncn2)n1. The van der Waals surface area contributed by atoms with Crippen LogP contribution in [0.15, 0.2) is 31.0 Å². The number of nitrogens with two attached hydrogens (primary N) is 1. The Kier molecular flexibility index (Phi) is 3.10. The van der Waals surface area contributed by atoms with Crippen molar-refractivity contribution in [3.05, 3.63) is 36.7 Å². The maximum atomic E-state index is 5.64. The average molecular weight is 270 g/mol. The van der Waals surface area contributed by atoms with E-state index in [1.54, 1.807) is 12.3 Å². The minimum Gasteiger partial charge on any atom is -0.368 e. The first-order valence-electron chi connectivity index (χ1n) is 5.68. The van der Waals surface area contributed by atoms with Crippen molar-refractivity contribution in [2.45, 2.75) is 6.54 Å². The van der Waals surface area contributed by atoms with Crippen LogP contribution in [0, 0.1) is 0 Å². The highest BCUT2D eigenvalue weighted by Gasteiger charge is 2.07. The van der Waals surface area contributed by atoms with E-state index < -0.39 is 0 Å². The Morgan fingerprint density at radius 2 is 2.20 bits per heavy atom. The number of hydrogen-bond acceptors (Lipinski definition) is 9. The van der Waals surface area contributed by atoms with Gasteiger partial charge >= 0.3 is 0 Å². The largest absolute Gasteiger partial charge is 0.368 e. The van der Waals surface area contributed by atoms with Crippen molar-refractivity contribution in [2.24, 2.45) is 0 Å². The summed E-state index contributed by atoms with van der Waals surface area (Å²) in [6.45, 7) is 0.425. The fraction of sp³-hybridized carbons (Fsp3) is 0.100. The molecule has 0 saturated heterocycles. The number of nitrogen functional groups attached to an aromatic ring is 1. The van der Waals surface area contributed by atoms with Gasteiger partial charge in [0.05, 0.1) is 12.2 Å². The van der Waals surface area contributed by atoms with Crippen LogP contribution in [0.1, 0.15) is 5.69 Å². The fourth-order valence-electron chi connectivity index (χ4n) is 1.47. The number of nitrogens with zero attached hydrogens (tertiary/aromatic N) is 8. The van der Waals surface area contributed by atoms with Gasteiger partial charge in [-0.15, -0.1) is 0 Å². The molecule has 0 spiro atoms. The van der Waals surface area contributed by atoms with Crippen LogP contribution in [0.4, 0.5) is 11.9 Å². The lowest BCUT2D eigenvalue weighted by Gasteiger charge is -2.06. The molecule has 0 aliphatic rings. The maximum absolute atomic E-state index is 5.64. The lowest BCUT2D eigenvalue weighted by Crippen LogP contribution is -2.12. The van der Waals surface area contributed by atoms with Crippen LogP contribution < -0.4 is 11.1 Å². The van der Waals surface area contributed by atoms with E-state index in [-0.39, 0.29) is 11.9 Å². The van der Waals surface area contributed by atoms with Crippen LogP contribution in [0.3, 0.4) is 0 Å². The minimum absolute atomic E-state index is 0.0899. The molecule has 3 aromatic heterocycles. The molecule has 0 bridgehead atoms. The van der Waals surface area contributed by atoms with Gasteiger partial charge in [-0.25, -0.2) is 4.98 Å². The summed E-state index contributed by atoms with van der Waals surface area (Å²) in [7, 11) is 0. The monoisotopic (exact) mass is 270 g/mol. The molecule has 0 saturated carbocycles. The van der Waals surface area contributed by atoms with Crippen molar-refractivity contribution in [3.63, 3.8) is 0 Å². The predicted octanol–water partition coefficient (Wildman–Crippen LogP) is -0.563. The van der Waals surface area contributed by atoms with Gasteiger partial charge < -0.3 is 11.1 Å². The van der Waals surface area contributed by atoms with Crippen LogP contribution >= 0.6 is 0 Å². The average Bonchev–Trinajstić information content (AvgIpc) is 3.00. The molecule has 3 aromatic rings. The van der Waals surface area contributed by atoms with Gasteiger partial charge in [0.2, 0.25) is 11.9 Å². The highest BCUT2D eigenvalue weighted by atomic mass is 15.4. The second-order valence-corrected chi connectivity index (χ2v) is 3.73. The molecule has 0 radical (unpaired) electrons. The van der Waals surface area contributed by atoms with Crippen molar-refractivity contribution in [2.75, 3.05) is 11.1 Å². The van der Waals surface area contributed by atoms with Gasteiger partial charge in [0.1, 0.15) is 12.7 Å². The van der Waals surface area contributed by atoms with Gasteiger partial charge in [0.25, 0.3) is 5.95 Å². The van der Waals surface area contributed by atoms with Crippen molar-refractivity contribution < 1.29 is 0 Å². The van der Waals surface area contributed by atoms with E-state index in [4.69, 9.17) is 5.73 Å². The molecule has 10 nitrogen and oxygen atoms in total. The van der Waals surface area contributed by atoms with Gasteiger partial charge in [-0.05, 0) is 12.1 Å². The molecule has 0 aromatic carbocycles. The van der Waals surface area contributed by atoms with Gasteiger partial charge in [0, 0.05) is 6.20 Å². The lowest BCUT2D eigenvalue weighted by molar-refractivity contribution is 0.795. The summed E-state index contributed by atoms with van der Waals surface area (Å²) < 4.78 is 1.39. The third kappa shape index (κ3) is 2.63. The van der Waals surface area contributed by atoms with Crippen LogP contribution in [-0.4, -0.2) is 39.9 Å². The zero-order chi connectivity index (χ0) is 13.8. The third-order valence-electron chi connectivity index (χ3n) is 2.32. The molecule has 0 aliphatic heterocycles. The first-order valence-corrected chi connectivity index (χ1v) is 5.68. The van der Waals surface area contributed by atoms with Crippen LogP contribution in [-0.2, 0) is 6.54 Å². The lowest BCUT2D eigenvalue weighted by atomic mass is 10.4. The summed E-state index contributed by atoms with van der Waals surface area (Å²) in [6.07, 6.45) is 4.46. The molecule has 10 heteroatoms. The normalized spacial score (nSPS) is 10.4. The zero-order valence-corrected chi connectivity index (χ0v) is 10.2. The minimum atomic E-state index is 0.0899. The number of aromatic nitrogens is 8. The van der Waals surface area contributed by atoms with Gasteiger partial charge in [-0.2, -0.15) is 34.9 Å². The number of nitrogens with one attached hydrogen (secondary N) is 1. The van der Waals surface area contributed by atoms with E-state index in [1.165, 1.54) is 17.3 Å². The maximum Gasteiger partial charge on any atom is 0.258 e. The van der Waals surface area contributed by atoms with E-state index in [0.717, 1.165) is 5.69 Å². The Morgan fingerprint density at radius 1 is 1.25 bits per heavy atom. The van der Waals surface area contributed by atoms with E-state index in [0.29, 0.717) is 12.5 Å². The van der Waals surface area contributed by atoms with Gasteiger partial charge in [-0.1, -0.05) is 0 Å². The highest BCUT2D eigenvalue weighted by Crippen LogP contribution is 2.06. The van der Waals surface area contributed by atoms with E-state index >= 15 is 0 Å². The molecule has 3 heterocycles. The summed E-state index contributed by atoms with van der Waals surface area (Å²) in [5.74, 6) is 0.706. The van der Waals surface area contributed by atoms with E-state index in [1.807, 2.05) is 6.07 Å². The Balaban J connectivity index is 1.80. The molecule has 0 amide bonds. The first kappa shape index (κ1) is 11.9. The summed E-state index contributed by atoms with van der Waals surface area (Å²) in [5.41, 5.74) is 6.40. The van der Waals surface area contributed by atoms with E-state index in [2.05, 4.69) is 40.5 Å². The fourth-order valence-corrected chi connectivity index (χ4v) is 1.47. The molecular weight excluding hydrogens is 260 g/mol. The van der Waals surface area contributed by atoms with E-state index in [9.17, 15) is 0 Å². The second-order valence-electron chi connectivity index (χ2n) is 3.73. The Bertz CT molecular complexity index is 681. The van der Waals surface area contributed by atoms with Crippen molar-refractivity contribution in [3.8, 4) is 5.95 Å². The Labute approximate surface area is 113 Å². The molecule has 0 aliphatic carbocycles. The molecule has 0 unspecified atom stereocenters. The van der Waals surface area contributed by atoms with Crippen LogP contribution in [0.5, 0.6) is 0 Å². The molecule has 0 fully saturated rings. The molecule has 3 rings (SSSR count). The zero-order valence-electron chi connectivity index (χ0n) is 10.2. The highest BCUT2D eigenvalue weighted by molar-refractivity contribution is 5.34. The van der Waals surface area contributed by atoms with Crippen LogP contribution in [0.2, 0.25) is 0 Å². The van der Waals surface area contributed by atoms with Crippen molar-refractivity contribution in [1.82, 2.24) is 39.9 Å². The second kappa shape index (κ2) is 5.22. The number of rotatable bonds is 4. The van der Waals surface area contributed by atoms with Crippen LogP contribution in [0.25, 0.3) is 5.95 Å². The molecular formula is C10H10N10. The Morgan fingerprint density at radius 3 is 2.95 bits per heavy atom. The molecule has 100 valence electrons. The van der Waals surface area contributed by atoms with Crippen molar-refractivity contribution in [1.29, 1.82) is 0 Å². The quantitative estimate of drug-likeness (QED) is 0.639. The standard InChI is InChI=1S/C10H10N10/c11-8-16-9(13-4-7-2-1-3-14-19-7)18-10(17-8)20-6-12-5-15-20/h1-3,5-6H,4H2,(H3,11,13,16,17,18). The van der Waals surface area contributed by atoms with Gasteiger partial charge in [0.15, 0.2) is 0 Å². The van der Waals surface area contributed by atoms with Gasteiger partial charge in [-0.3, -0.25) is 0 Å². The molecule has 20 heavy (non-hydrogen) atoms.